The number of hydrogen-bond acceptors (Lipinski definition) is 2. The van der Waals surface area contributed by atoms with Crippen LogP contribution >= 0.6 is 0 Å². The molecule has 0 radical (unpaired) electrons. The van der Waals surface area contributed by atoms with E-state index in [0.717, 1.165) is 12.0 Å². The number of rotatable bonds is 4. The molecule has 0 aromatic heterocycles. The van der Waals surface area contributed by atoms with Gasteiger partial charge >= 0.3 is 6.03 Å². The Morgan fingerprint density at radius 3 is 2.85 bits per heavy atom. The second kappa shape index (κ2) is 7.17. The molecule has 0 aliphatic carbocycles. The van der Waals surface area contributed by atoms with Crippen molar-refractivity contribution in [3.63, 3.8) is 0 Å². The summed E-state index contributed by atoms with van der Waals surface area (Å²) in [7, 11) is 0. The van der Waals surface area contributed by atoms with Crippen LogP contribution in [-0.4, -0.2) is 12.6 Å². The highest BCUT2D eigenvalue weighted by Crippen LogP contribution is 1.94. The number of nitriles is 1. The van der Waals surface area contributed by atoms with Crippen molar-refractivity contribution in [3.8, 4) is 6.07 Å². The maximum absolute atomic E-state index is 11.0. The molecule has 13 heavy (non-hydrogen) atoms. The van der Waals surface area contributed by atoms with Gasteiger partial charge < -0.3 is 10.6 Å². The van der Waals surface area contributed by atoms with E-state index in [1.165, 1.54) is 0 Å². The van der Waals surface area contributed by atoms with Gasteiger partial charge in [-0.1, -0.05) is 12.5 Å². The van der Waals surface area contributed by atoms with Gasteiger partial charge in [0.2, 0.25) is 0 Å². The van der Waals surface area contributed by atoms with E-state index in [2.05, 4.69) is 10.6 Å². The third-order valence-corrected chi connectivity index (χ3v) is 1.53. The molecule has 2 amide bonds. The Balaban J connectivity index is 3.58. The van der Waals surface area contributed by atoms with Gasteiger partial charge in [-0.25, -0.2) is 4.79 Å². The van der Waals surface area contributed by atoms with E-state index in [1.54, 1.807) is 6.20 Å². The third kappa shape index (κ3) is 6.88. The minimum absolute atomic E-state index is 0.261. The van der Waals surface area contributed by atoms with E-state index in [9.17, 15) is 4.79 Å². The molecule has 0 fully saturated rings. The van der Waals surface area contributed by atoms with Crippen LogP contribution in [0.1, 0.15) is 26.7 Å². The number of nitrogens with zero attached hydrogens (tertiary/aromatic N) is 1. The average Bonchev–Trinajstić information content (AvgIpc) is 2.14. The van der Waals surface area contributed by atoms with Crippen LogP contribution in [0.5, 0.6) is 0 Å². The number of carbonyl (C=O) groups is 1. The monoisotopic (exact) mass is 181 g/mol. The fourth-order valence-corrected chi connectivity index (χ4v) is 0.574. The van der Waals surface area contributed by atoms with Crippen molar-refractivity contribution < 1.29 is 4.79 Å². The van der Waals surface area contributed by atoms with E-state index >= 15 is 0 Å². The summed E-state index contributed by atoms with van der Waals surface area (Å²) in [6, 6.07) is 1.68. The Morgan fingerprint density at radius 2 is 2.31 bits per heavy atom. The van der Waals surface area contributed by atoms with Crippen molar-refractivity contribution in [2.24, 2.45) is 0 Å². The molecule has 0 heterocycles. The summed E-state index contributed by atoms with van der Waals surface area (Å²) in [5.74, 6) is 0. The summed E-state index contributed by atoms with van der Waals surface area (Å²) in [6.07, 6.45) is 2.92. The number of amides is 2. The molecule has 72 valence electrons. The van der Waals surface area contributed by atoms with E-state index in [-0.39, 0.29) is 6.03 Å². The van der Waals surface area contributed by atoms with Crippen LogP contribution in [0.25, 0.3) is 0 Å². The van der Waals surface area contributed by atoms with Gasteiger partial charge in [0.15, 0.2) is 0 Å². The lowest BCUT2D eigenvalue weighted by Crippen LogP contribution is -2.32. The van der Waals surface area contributed by atoms with Crippen molar-refractivity contribution in [2.75, 3.05) is 6.54 Å². The predicted molar refractivity (Wildman–Crippen MR) is 50.8 cm³/mol. The zero-order valence-electron chi connectivity index (χ0n) is 8.05. The lowest BCUT2D eigenvalue weighted by molar-refractivity contribution is 0.244. The second-order valence-electron chi connectivity index (χ2n) is 2.65. The van der Waals surface area contributed by atoms with E-state index < -0.39 is 0 Å². The molecule has 0 aromatic carbocycles. The summed E-state index contributed by atoms with van der Waals surface area (Å²) in [6.45, 7) is 4.35. The molecule has 0 aliphatic heterocycles. The lowest BCUT2D eigenvalue weighted by Gasteiger charge is -2.02. The standard InChI is InChI=1S/C9H15N3O/c1-3-8(2)7-12-9(13)11-6-4-5-10/h7H,3-4,6H2,1-2H3,(H2,11,12,13)/b8-7+. The van der Waals surface area contributed by atoms with Crippen LogP contribution in [0.4, 0.5) is 4.79 Å². The molecule has 0 rings (SSSR count). The van der Waals surface area contributed by atoms with E-state index in [1.807, 2.05) is 19.9 Å². The second-order valence-corrected chi connectivity index (χ2v) is 2.65. The molecular formula is C9H15N3O. The first-order chi connectivity index (χ1) is 6.20. The zero-order valence-corrected chi connectivity index (χ0v) is 8.05. The maximum Gasteiger partial charge on any atom is 0.318 e. The molecule has 0 saturated heterocycles. The highest BCUT2D eigenvalue weighted by atomic mass is 16.2. The SMILES string of the molecule is CC/C(C)=C/NC(=O)NCCC#N. The van der Waals surface area contributed by atoms with Crippen molar-refractivity contribution in [1.29, 1.82) is 5.26 Å². The minimum Gasteiger partial charge on any atom is -0.337 e. The lowest BCUT2D eigenvalue weighted by atomic mass is 10.3. The quantitative estimate of drug-likeness (QED) is 0.646. The summed E-state index contributed by atoms with van der Waals surface area (Å²) in [5, 5.41) is 13.3. The van der Waals surface area contributed by atoms with Crippen LogP contribution in [0.2, 0.25) is 0 Å². The Labute approximate surface area is 78.6 Å². The van der Waals surface area contributed by atoms with Gasteiger partial charge in [0.05, 0.1) is 12.5 Å². The summed E-state index contributed by atoms with van der Waals surface area (Å²) in [5.41, 5.74) is 1.11. The molecular weight excluding hydrogens is 166 g/mol. The van der Waals surface area contributed by atoms with Crippen LogP contribution < -0.4 is 10.6 Å². The fraction of sp³-hybridized carbons (Fsp3) is 0.556. The molecule has 0 aliphatic rings. The van der Waals surface area contributed by atoms with Gasteiger partial charge in [-0.15, -0.1) is 0 Å². The topological polar surface area (TPSA) is 64.9 Å². The Kier molecular flexibility index (Phi) is 6.34. The number of carbonyl (C=O) groups excluding carboxylic acids is 1. The van der Waals surface area contributed by atoms with Crippen molar-refractivity contribution in [2.45, 2.75) is 26.7 Å². The number of nitrogens with one attached hydrogen (secondary N) is 2. The van der Waals surface area contributed by atoms with E-state index in [4.69, 9.17) is 5.26 Å². The molecule has 0 spiro atoms. The molecule has 0 saturated carbocycles. The highest BCUT2D eigenvalue weighted by molar-refractivity contribution is 5.74. The van der Waals surface area contributed by atoms with Crippen LogP contribution in [0.3, 0.4) is 0 Å². The normalized spacial score (nSPS) is 10.4. The molecule has 0 atom stereocenters. The zero-order chi connectivity index (χ0) is 10.1. The Bertz CT molecular complexity index is 228. The van der Waals surface area contributed by atoms with E-state index in [0.29, 0.717) is 13.0 Å². The van der Waals surface area contributed by atoms with Gasteiger partial charge in [0, 0.05) is 12.7 Å². The van der Waals surface area contributed by atoms with Crippen LogP contribution in [0.15, 0.2) is 11.8 Å². The Morgan fingerprint density at radius 1 is 1.62 bits per heavy atom. The molecule has 0 unspecified atom stereocenters. The number of urea groups is 1. The minimum atomic E-state index is -0.261. The van der Waals surface area contributed by atoms with Crippen molar-refractivity contribution in [3.05, 3.63) is 11.8 Å². The summed E-state index contributed by atoms with van der Waals surface area (Å²) >= 11 is 0. The van der Waals surface area contributed by atoms with Crippen molar-refractivity contribution in [1.82, 2.24) is 10.6 Å². The largest absolute Gasteiger partial charge is 0.337 e. The van der Waals surface area contributed by atoms with Crippen LogP contribution in [-0.2, 0) is 0 Å². The van der Waals surface area contributed by atoms with Gasteiger partial charge in [0.1, 0.15) is 0 Å². The molecule has 2 N–H and O–H groups in total. The van der Waals surface area contributed by atoms with Gasteiger partial charge in [-0.3, -0.25) is 0 Å². The molecule has 4 nitrogen and oxygen atoms in total. The first-order valence-corrected chi connectivity index (χ1v) is 4.27. The number of allylic oxidation sites excluding steroid dienone is 1. The average molecular weight is 181 g/mol. The summed E-state index contributed by atoms with van der Waals surface area (Å²) in [4.78, 5) is 11.0. The Hall–Kier alpha value is -1.50. The predicted octanol–water partition coefficient (Wildman–Crippen LogP) is 1.51. The molecule has 4 heteroatoms. The van der Waals surface area contributed by atoms with Gasteiger partial charge in [0.25, 0.3) is 0 Å². The van der Waals surface area contributed by atoms with Gasteiger partial charge in [-0.05, 0) is 13.3 Å². The summed E-state index contributed by atoms with van der Waals surface area (Å²) < 4.78 is 0. The van der Waals surface area contributed by atoms with Crippen molar-refractivity contribution >= 4 is 6.03 Å². The van der Waals surface area contributed by atoms with Crippen LogP contribution in [0, 0.1) is 11.3 Å². The third-order valence-electron chi connectivity index (χ3n) is 1.53. The molecule has 0 bridgehead atoms. The van der Waals surface area contributed by atoms with Gasteiger partial charge in [-0.2, -0.15) is 5.26 Å². The smallest absolute Gasteiger partial charge is 0.318 e. The highest BCUT2D eigenvalue weighted by Gasteiger charge is 1.94. The maximum atomic E-state index is 11.0. The molecule has 0 aromatic rings. The number of hydrogen-bond donors (Lipinski definition) is 2. The first kappa shape index (κ1) is 11.5. The fourth-order valence-electron chi connectivity index (χ4n) is 0.574. The first-order valence-electron chi connectivity index (χ1n) is 4.27.